The molecule has 2 aromatic rings. The molecule has 1 fully saturated rings. The van der Waals surface area contributed by atoms with Gasteiger partial charge in [0.25, 0.3) is 5.89 Å². The summed E-state index contributed by atoms with van der Waals surface area (Å²) in [7, 11) is -0.278. The summed E-state index contributed by atoms with van der Waals surface area (Å²) in [5.74, 6) is 0.439. The predicted molar refractivity (Wildman–Crippen MR) is 101 cm³/mol. The van der Waals surface area contributed by atoms with Gasteiger partial charge in [-0.3, -0.25) is 10.1 Å². The summed E-state index contributed by atoms with van der Waals surface area (Å²) in [6, 6.07) is 5.05. The van der Waals surface area contributed by atoms with E-state index in [2.05, 4.69) is 15.5 Å². The van der Waals surface area contributed by atoms with Crippen molar-refractivity contribution in [1.82, 2.24) is 14.5 Å². The third-order valence-corrected chi connectivity index (χ3v) is 5.79. The smallest absolute Gasteiger partial charge is 0.322 e. The number of carbonyl (C=O) groups is 1. The number of benzene rings is 1. The molecule has 0 radical (unpaired) electrons. The number of hydrogen-bond acceptors (Lipinski definition) is 8. The highest BCUT2D eigenvalue weighted by Crippen LogP contribution is 2.33. The van der Waals surface area contributed by atoms with Crippen molar-refractivity contribution in [3.8, 4) is 23.0 Å². The Morgan fingerprint density at radius 2 is 2.07 bits per heavy atom. The number of hydrogen-bond donors (Lipinski definition) is 1. The van der Waals surface area contributed by atoms with Crippen LogP contribution < -0.4 is 14.8 Å². The summed E-state index contributed by atoms with van der Waals surface area (Å²) < 4.78 is 40.7. The number of rotatable bonds is 6. The van der Waals surface area contributed by atoms with Crippen LogP contribution in [0.2, 0.25) is 0 Å². The van der Waals surface area contributed by atoms with Crippen molar-refractivity contribution in [3.05, 3.63) is 18.2 Å². The molecule has 0 bridgehead atoms. The molecule has 1 amide bonds. The lowest BCUT2D eigenvalue weighted by Gasteiger charge is -2.29. The summed E-state index contributed by atoms with van der Waals surface area (Å²) in [5.41, 5.74) is 0.553. The molecule has 0 saturated carbocycles. The number of ether oxygens (including phenoxy) is 2. The monoisotopic (exact) mass is 410 g/mol. The third-order valence-electron chi connectivity index (χ3n) is 4.52. The van der Waals surface area contributed by atoms with E-state index in [4.69, 9.17) is 13.9 Å². The van der Waals surface area contributed by atoms with Crippen LogP contribution in [-0.4, -0.2) is 62.4 Å². The Bertz CT molecular complexity index is 958. The normalized spacial score (nSPS) is 17.9. The fourth-order valence-corrected chi connectivity index (χ4v) is 3.93. The summed E-state index contributed by atoms with van der Waals surface area (Å²) in [6.45, 7) is 0.558. The van der Waals surface area contributed by atoms with Crippen molar-refractivity contribution >= 4 is 21.9 Å². The van der Waals surface area contributed by atoms with E-state index >= 15 is 0 Å². The molecule has 1 atom stereocenters. The fraction of sp³-hybridized carbons (Fsp3) is 0.471. The first kappa shape index (κ1) is 20.1. The molecule has 1 N–H and O–H groups in total. The van der Waals surface area contributed by atoms with Gasteiger partial charge in [-0.15, -0.1) is 5.10 Å². The van der Waals surface area contributed by atoms with Crippen LogP contribution in [0.25, 0.3) is 11.5 Å². The molecule has 0 aliphatic carbocycles. The van der Waals surface area contributed by atoms with Crippen molar-refractivity contribution in [2.24, 2.45) is 5.92 Å². The van der Waals surface area contributed by atoms with Crippen LogP contribution in [0.1, 0.15) is 12.8 Å². The van der Waals surface area contributed by atoms with Crippen LogP contribution in [0.5, 0.6) is 11.5 Å². The fourth-order valence-electron chi connectivity index (χ4n) is 3.02. The summed E-state index contributed by atoms with van der Waals surface area (Å²) in [6.07, 6.45) is 2.34. The highest BCUT2D eigenvalue weighted by molar-refractivity contribution is 7.88. The van der Waals surface area contributed by atoms with Gasteiger partial charge in [0, 0.05) is 19.2 Å². The van der Waals surface area contributed by atoms with E-state index in [1.165, 1.54) is 11.4 Å². The molecular weight excluding hydrogens is 388 g/mol. The molecular formula is C17H22N4O6S. The molecule has 1 aromatic heterocycles. The van der Waals surface area contributed by atoms with Crippen molar-refractivity contribution in [1.29, 1.82) is 0 Å². The van der Waals surface area contributed by atoms with Gasteiger partial charge in [-0.25, -0.2) is 12.7 Å². The first-order valence-electron chi connectivity index (χ1n) is 8.63. The molecule has 1 aliphatic heterocycles. The van der Waals surface area contributed by atoms with Gasteiger partial charge in [-0.2, -0.15) is 0 Å². The molecule has 10 nitrogen and oxygen atoms in total. The molecule has 11 heteroatoms. The van der Waals surface area contributed by atoms with E-state index in [9.17, 15) is 13.2 Å². The Morgan fingerprint density at radius 1 is 1.29 bits per heavy atom. The lowest BCUT2D eigenvalue weighted by Crippen LogP contribution is -2.43. The molecule has 152 valence electrons. The van der Waals surface area contributed by atoms with Crippen LogP contribution >= 0.6 is 0 Å². The second-order valence-corrected chi connectivity index (χ2v) is 8.41. The number of carbonyl (C=O) groups excluding carboxylic acids is 1. The molecule has 1 unspecified atom stereocenters. The number of anilines is 1. The van der Waals surface area contributed by atoms with Crippen LogP contribution in [0.15, 0.2) is 22.6 Å². The van der Waals surface area contributed by atoms with E-state index in [-0.39, 0.29) is 24.4 Å². The minimum absolute atomic E-state index is 0.0608. The van der Waals surface area contributed by atoms with E-state index in [1.54, 1.807) is 25.3 Å². The van der Waals surface area contributed by atoms with E-state index in [1.807, 2.05) is 0 Å². The molecule has 2 heterocycles. The third kappa shape index (κ3) is 4.42. The summed E-state index contributed by atoms with van der Waals surface area (Å²) >= 11 is 0. The number of sulfonamides is 1. The zero-order valence-corrected chi connectivity index (χ0v) is 16.7. The number of piperidine rings is 1. The van der Waals surface area contributed by atoms with Crippen molar-refractivity contribution in [2.75, 3.05) is 38.9 Å². The second kappa shape index (κ2) is 8.15. The number of nitrogens with zero attached hydrogens (tertiary/aromatic N) is 3. The average molecular weight is 410 g/mol. The van der Waals surface area contributed by atoms with Crippen molar-refractivity contribution in [2.45, 2.75) is 12.8 Å². The number of aromatic nitrogens is 2. The Labute approximate surface area is 162 Å². The second-order valence-electron chi connectivity index (χ2n) is 6.43. The predicted octanol–water partition coefficient (Wildman–Crippen LogP) is 1.36. The van der Waals surface area contributed by atoms with E-state index in [0.29, 0.717) is 36.4 Å². The van der Waals surface area contributed by atoms with Crippen LogP contribution in [0, 0.1) is 5.92 Å². The zero-order chi connectivity index (χ0) is 20.3. The Balaban J connectivity index is 1.72. The minimum atomic E-state index is -3.33. The van der Waals surface area contributed by atoms with Crippen molar-refractivity contribution < 1.29 is 27.1 Å². The number of nitrogens with one attached hydrogen (secondary N) is 1. The Hall–Kier alpha value is -2.66. The van der Waals surface area contributed by atoms with Gasteiger partial charge in [0.05, 0.1) is 32.0 Å². The van der Waals surface area contributed by atoms with Crippen molar-refractivity contribution in [3.63, 3.8) is 0 Å². The molecule has 1 aromatic carbocycles. The lowest BCUT2D eigenvalue weighted by atomic mass is 9.99. The van der Waals surface area contributed by atoms with E-state index < -0.39 is 15.9 Å². The minimum Gasteiger partial charge on any atom is -0.497 e. The average Bonchev–Trinajstić information content (AvgIpc) is 3.15. The quantitative estimate of drug-likeness (QED) is 0.757. The van der Waals surface area contributed by atoms with Gasteiger partial charge in [-0.1, -0.05) is 5.10 Å². The maximum Gasteiger partial charge on any atom is 0.322 e. The first-order chi connectivity index (χ1) is 13.3. The maximum absolute atomic E-state index is 12.5. The van der Waals surface area contributed by atoms with Gasteiger partial charge in [0.15, 0.2) is 0 Å². The highest BCUT2D eigenvalue weighted by Gasteiger charge is 2.31. The van der Waals surface area contributed by atoms with Crippen LogP contribution in [-0.2, 0) is 14.8 Å². The largest absolute Gasteiger partial charge is 0.497 e. The molecule has 3 rings (SSSR count). The Morgan fingerprint density at radius 3 is 2.75 bits per heavy atom. The zero-order valence-electron chi connectivity index (χ0n) is 15.8. The van der Waals surface area contributed by atoms with Crippen LogP contribution in [0.3, 0.4) is 0 Å². The summed E-state index contributed by atoms with van der Waals surface area (Å²) in [5, 5.41) is 10.4. The number of methoxy groups -OCH3 is 2. The lowest BCUT2D eigenvalue weighted by molar-refractivity contribution is -0.121. The number of amides is 1. The highest BCUT2D eigenvalue weighted by atomic mass is 32.2. The van der Waals surface area contributed by atoms with Gasteiger partial charge < -0.3 is 13.9 Å². The SMILES string of the molecule is COc1ccc(-c2nnc(NC(=O)C3CCCN(S(C)(=O)=O)C3)o2)c(OC)c1. The molecule has 1 saturated heterocycles. The maximum atomic E-state index is 12.5. The standard InChI is InChI=1S/C17H22N4O6S/c1-25-12-6-7-13(14(9-12)26-2)16-19-20-17(27-16)18-15(22)11-5-4-8-21(10-11)28(3,23)24/h6-7,9,11H,4-5,8,10H2,1-3H3,(H,18,20,22). The molecule has 0 spiro atoms. The summed E-state index contributed by atoms with van der Waals surface area (Å²) in [4.78, 5) is 12.5. The first-order valence-corrected chi connectivity index (χ1v) is 10.5. The molecule has 28 heavy (non-hydrogen) atoms. The van der Waals surface area contributed by atoms with Gasteiger partial charge in [0.2, 0.25) is 15.9 Å². The van der Waals surface area contributed by atoms with Crippen LogP contribution in [0.4, 0.5) is 6.01 Å². The topological polar surface area (TPSA) is 124 Å². The van der Waals surface area contributed by atoms with Gasteiger partial charge in [-0.05, 0) is 25.0 Å². The Kier molecular flexibility index (Phi) is 5.84. The molecule has 1 aliphatic rings. The van der Waals surface area contributed by atoms with Gasteiger partial charge in [0.1, 0.15) is 11.5 Å². The van der Waals surface area contributed by atoms with E-state index in [0.717, 1.165) is 6.26 Å². The van der Waals surface area contributed by atoms with Gasteiger partial charge >= 0.3 is 6.01 Å².